The number of methoxy groups -OCH3 is 1. The first-order chi connectivity index (χ1) is 10.1. The molecule has 1 N–H and O–H groups in total. The summed E-state index contributed by atoms with van der Waals surface area (Å²) in [4.78, 5) is 0. The number of aliphatic hydroxyl groups is 1. The van der Waals surface area contributed by atoms with E-state index in [9.17, 15) is 5.11 Å². The Bertz CT molecular complexity index is 625. The molecule has 0 amide bonds. The molecule has 0 aliphatic rings. The fourth-order valence-corrected chi connectivity index (χ4v) is 2.76. The summed E-state index contributed by atoms with van der Waals surface area (Å²) in [6, 6.07) is 11.4. The van der Waals surface area contributed by atoms with E-state index in [2.05, 4.69) is 15.9 Å². The lowest BCUT2D eigenvalue weighted by Gasteiger charge is -2.17. The van der Waals surface area contributed by atoms with Crippen LogP contribution in [0.4, 0.5) is 0 Å². The molecular formula is C17H19BrO3. The summed E-state index contributed by atoms with van der Waals surface area (Å²) in [5, 5.41) is 10.7. The molecular weight excluding hydrogens is 332 g/mol. The zero-order valence-corrected chi connectivity index (χ0v) is 14.0. The first-order valence-electron chi connectivity index (χ1n) is 6.81. The van der Waals surface area contributed by atoms with Crippen molar-refractivity contribution in [1.82, 2.24) is 0 Å². The summed E-state index contributed by atoms with van der Waals surface area (Å²) in [5.74, 6) is 1.45. The Balaban J connectivity index is 2.41. The number of halogens is 1. The van der Waals surface area contributed by atoms with E-state index in [0.29, 0.717) is 12.4 Å². The molecule has 1 unspecified atom stereocenters. The fraction of sp³-hybridized carbons (Fsp3) is 0.294. The van der Waals surface area contributed by atoms with Crippen molar-refractivity contribution in [3.8, 4) is 11.5 Å². The molecule has 0 aromatic heterocycles. The highest BCUT2D eigenvalue weighted by atomic mass is 79.9. The molecule has 1 atom stereocenters. The molecule has 0 bridgehead atoms. The number of aryl methyl sites for hydroxylation is 1. The maximum atomic E-state index is 10.7. The van der Waals surface area contributed by atoms with Gasteiger partial charge in [0.05, 0.1) is 18.2 Å². The first kappa shape index (κ1) is 15.9. The lowest BCUT2D eigenvalue weighted by molar-refractivity contribution is 0.211. The Morgan fingerprint density at radius 2 is 1.86 bits per heavy atom. The summed E-state index contributed by atoms with van der Waals surface area (Å²) in [5.41, 5.74) is 2.64. The summed E-state index contributed by atoms with van der Waals surface area (Å²) >= 11 is 3.44. The first-order valence-corrected chi connectivity index (χ1v) is 7.61. The van der Waals surface area contributed by atoms with Gasteiger partial charge in [-0.3, -0.25) is 0 Å². The second-order valence-electron chi connectivity index (χ2n) is 4.77. The Morgan fingerprint density at radius 1 is 1.14 bits per heavy atom. The SMILES string of the molecule is CCOc1ccc(C)cc1C(O)c1ccc(OC)c(Br)c1. The van der Waals surface area contributed by atoms with E-state index < -0.39 is 6.10 Å². The second-order valence-corrected chi connectivity index (χ2v) is 5.63. The van der Waals surface area contributed by atoms with Crippen molar-refractivity contribution in [3.05, 3.63) is 57.6 Å². The average molecular weight is 351 g/mol. The van der Waals surface area contributed by atoms with Gasteiger partial charge in [0.2, 0.25) is 0 Å². The molecule has 0 spiro atoms. The quantitative estimate of drug-likeness (QED) is 0.875. The molecule has 0 heterocycles. The largest absolute Gasteiger partial charge is 0.496 e. The second kappa shape index (κ2) is 6.96. The van der Waals surface area contributed by atoms with Crippen LogP contribution in [0.5, 0.6) is 11.5 Å². The Morgan fingerprint density at radius 3 is 2.48 bits per heavy atom. The monoisotopic (exact) mass is 350 g/mol. The number of benzene rings is 2. The zero-order valence-electron chi connectivity index (χ0n) is 12.4. The van der Waals surface area contributed by atoms with Crippen LogP contribution in [0.3, 0.4) is 0 Å². The molecule has 3 nitrogen and oxygen atoms in total. The van der Waals surface area contributed by atoms with Gasteiger partial charge < -0.3 is 14.6 Å². The van der Waals surface area contributed by atoms with Crippen molar-refractivity contribution >= 4 is 15.9 Å². The van der Waals surface area contributed by atoms with Gasteiger partial charge in [-0.25, -0.2) is 0 Å². The molecule has 0 aliphatic heterocycles. The van der Waals surface area contributed by atoms with Crippen molar-refractivity contribution < 1.29 is 14.6 Å². The third-order valence-corrected chi connectivity index (χ3v) is 3.87. The Labute approximate surface area is 133 Å². The predicted octanol–water partition coefficient (Wildman–Crippen LogP) is 4.25. The lowest BCUT2D eigenvalue weighted by Crippen LogP contribution is -2.05. The maximum Gasteiger partial charge on any atom is 0.133 e. The molecule has 4 heteroatoms. The number of hydrogen-bond acceptors (Lipinski definition) is 3. The third kappa shape index (κ3) is 3.57. The number of hydrogen-bond donors (Lipinski definition) is 1. The van der Waals surface area contributed by atoms with Crippen LogP contribution in [-0.2, 0) is 0 Å². The van der Waals surface area contributed by atoms with E-state index in [1.54, 1.807) is 7.11 Å². The maximum absolute atomic E-state index is 10.7. The number of ether oxygens (including phenoxy) is 2. The minimum Gasteiger partial charge on any atom is -0.496 e. The number of rotatable bonds is 5. The van der Waals surface area contributed by atoms with Crippen LogP contribution in [0, 0.1) is 6.92 Å². The van der Waals surface area contributed by atoms with Gasteiger partial charge in [-0.15, -0.1) is 0 Å². The summed E-state index contributed by atoms with van der Waals surface area (Å²) in [6.07, 6.45) is -0.742. The van der Waals surface area contributed by atoms with Gasteiger partial charge in [0.25, 0.3) is 0 Å². The van der Waals surface area contributed by atoms with Gasteiger partial charge >= 0.3 is 0 Å². The molecule has 0 saturated heterocycles. The van der Waals surface area contributed by atoms with Crippen LogP contribution in [0.1, 0.15) is 29.7 Å². The Kier molecular flexibility index (Phi) is 5.26. The summed E-state index contributed by atoms with van der Waals surface area (Å²) in [7, 11) is 1.62. The zero-order chi connectivity index (χ0) is 15.4. The minimum atomic E-state index is -0.742. The van der Waals surface area contributed by atoms with E-state index in [0.717, 1.165) is 26.9 Å². The van der Waals surface area contributed by atoms with Gasteiger partial charge in [-0.05, 0) is 59.6 Å². The van der Waals surface area contributed by atoms with Crippen LogP contribution in [0.25, 0.3) is 0 Å². The smallest absolute Gasteiger partial charge is 0.133 e. The van der Waals surface area contributed by atoms with Gasteiger partial charge in [-0.2, -0.15) is 0 Å². The van der Waals surface area contributed by atoms with Crippen LogP contribution in [-0.4, -0.2) is 18.8 Å². The predicted molar refractivity (Wildman–Crippen MR) is 87.1 cm³/mol. The normalized spacial score (nSPS) is 12.0. The van der Waals surface area contributed by atoms with E-state index >= 15 is 0 Å². The highest BCUT2D eigenvalue weighted by molar-refractivity contribution is 9.10. The van der Waals surface area contributed by atoms with Crippen LogP contribution >= 0.6 is 15.9 Å². The highest BCUT2D eigenvalue weighted by Crippen LogP contribution is 2.34. The summed E-state index contributed by atoms with van der Waals surface area (Å²) in [6.45, 7) is 4.49. The molecule has 21 heavy (non-hydrogen) atoms. The van der Waals surface area contributed by atoms with Gasteiger partial charge in [0.1, 0.15) is 17.6 Å². The molecule has 0 saturated carbocycles. The lowest BCUT2D eigenvalue weighted by atomic mass is 9.99. The van der Waals surface area contributed by atoms with Crippen molar-refractivity contribution in [3.63, 3.8) is 0 Å². The molecule has 2 aromatic rings. The van der Waals surface area contributed by atoms with Gasteiger partial charge in [0, 0.05) is 5.56 Å². The molecule has 112 valence electrons. The molecule has 2 rings (SSSR count). The highest BCUT2D eigenvalue weighted by Gasteiger charge is 2.17. The van der Waals surface area contributed by atoms with E-state index in [-0.39, 0.29) is 0 Å². The van der Waals surface area contributed by atoms with Crippen LogP contribution < -0.4 is 9.47 Å². The van der Waals surface area contributed by atoms with Crippen LogP contribution in [0.15, 0.2) is 40.9 Å². The molecule has 0 fully saturated rings. The fourth-order valence-electron chi connectivity index (χ4n) is 2.20. The van der Waals surface area contributed by atoms with Gasteiger partial charge in [-0.1, -0.05) is 17.7 Å². The topological polar surface area (TPSA) is 38.7 Å². The number of aliphatic hydroxyl groups excluding tert-OH is 1. The van der Waals surface area contributed by atoms with E-state index in [1.165, 1.54) is 0 Å². The van der Waals surface area contributed by atoms with Crippen molar-refractivity contribution in [2.24, 2.45) is 0 Å². The van der Waals surface area contributed by atoms with Crippen LogP contribution in [0.2, 0.25) is 0 Å². The third-order valence-electron chi connectivity index (χ3n) is 3.25. The van der Waals surface area contributed by atoms with Crippen molar-refractivity contribution in [2.45, 2.75) is 20.0 Å². The van der Waals surface area contributed by atoms with E-state index in [4.69, 9.17) is 9.47 Å². The molecule has 0 aliphatic carbocycles. The average Bonchev–Trinajstić information content (AvgIpc) is 2.48. The van der Waals surface area contributed by atoms with E-state index in [1.807, 2.05) is 50.2 Å². The molecule has 0 radical (unpaired) electrons. The van der Waals surface area contributed by atoms with Crippen molar-refractivity contribution in [2.75, 3.05) is 13.7 Å². The van der Waals surface area contributed by atoms with Gasteiger partial charge in [0.15, 0.2) is 0 Å². The standard InChI is InChI=1S/C17H19BrO3/c1-4-21-15-7-5-11(2)9-13(15)17(19)12-6-8-16(20-3)14(18)10-12/h5-10,17,19H,4H2,1-3H3. The Hall–Kier alpha value is -1.52. The summed E-state index contributed by atoms with van der Waals surface area (Å²) < 4.78 is 11.6. The molecule has 2 aromatic carbocycles. The van der Waals surface area contributed by atoms with Crippen molar-refractivity contribution in [1.29, 1.82) is 0 Å². The minimum absolute atomic E-state index is 0.565.